The second-order valence-electron chi connectivity index (χ2n) is 3.11. The number of methoxy groups -OCH3 is 1. The summed E-state index contributed by atoms with van der Waals surface area (Å²) in [5.74, 6) is -0.338. The summed E-state index contributed by atoms with van der Waals surface area (Å²) in [5.41, 5.74) is 0.921. The van der Waals surface area contributed by atoms with Gasteiger partial charge in [0.05, 0.1) is 18.2 Å². The van der Waals surface area contributed by atoms with E-state index in [2.05, 4.69) is 0 Å². The highest BCUT2D eigenvalue weighted by Crippen LogP contribution is 2.28. The predicted octanol–water partition coefficient (Wildman–Crippen LogP) is 3.72. The van der Waals surface area contributed by atoms with Gasteiger partial charge in [0.2, 0.25) is 0 Å². The monoisotopic (exact) mass is 239 g/mol. The molecule has 1 aromatic rings. The summed E-state index contributed by atoms with van der Waals surface area (Å²) in [5, 5.41) is 9.10. The summed E-state index contributed by atoms with van der Waals surface area (Å²) in [6.07, 6.45) is 0.517. The van der Waals surface area contributed by atoms with E-state index in [0.29, 0.717) is 17.6 Å². The van der Waals surface area contributed by atoms with Crippen LogP contribution in [0.25, 0.3) is 5.03 Å². The second kappa shape index (κ2) is 5.53. The minimum Gasteiger partial charge on any atom is -0.494 e. The molecular weight excluding hydrogens is 229 g/mol. The van der Waals surface area contributed by atoms with E-state index >= 15 is 0 Å². The van der Waals surface area contributed by atoms with Gasteiger partial charge in [-0.2, -0.15) is 5.26 Å². The topological polar surface area (TPSA) is 33.0 Å². The van der Waals surface area contributed by atoms with Crippen molar-refractivity contribution in [2.45, 2.75) is 13.3 Å². The molecule has 2 nitrogen and oxygen atoms in total. The first-order valence-electron chi connectivity index (χ1n) is 4.76. The molecule has 0 aliphatic rings. The lowest BCUT2D eigenvalue weighted by Gasteiger charge is -2.05. The normalized spacial score (nSPS) is 11.7. The summed E-state index contributed by atoms with van der Waals surface area (Å²) >= 11 is 5.99. The van der Waals surface area contributed by atoms with Gasteiger partial charge in [0.1, 0.15) is 0 Å². The molecule has 4 heteroatoms. The highest BCUT2D eigenvalue weighted by molar-refractivity contribution is 6.49. The lowest BCUT2D eigenvalue weighted by atomic mass is 10.1. The van der Waals surface area contributed by atoms with Gasteiger partial charge >= 0.3 is 0 Å². The van der Waals surface area contributed by atoms with Crippen molar-refractivity contribution in [3.8, 4) is 11.8 Å². The standard InChI is InChI=1S/C12H11ClFNO/c1-3-8(7-15)12(13)9-4-5-11(16-2)10(14)6-9/h4-6H,3H2,1-2H3. The molecule has 0 aliphatic heterocycles. The molecule has 0 atom stereocenters. The van der Waals surface area contributed by atoms with Gasteiger partial charge in [-0.3, -0.25) is 0 Å². The molecule has 0 saturated heterocycles. The van der Waals surface area contributed by atoms with Gasteiger partial charge in [0.15, 0.2) is 11.6 Å². The van der Waals surface area contributed by atoms with Crippen molar-refractivity contribution in [3.05, 3.63) is 35.2 Å². The zero-order chi connectivity index (χ0) is 12.1. The SMILES string of the molecule is CCC(C#N)=C(Cl)c1ccc(OC)c(F)c1. The third-order valence-corrected chi connectivity index (χ3v) is 2.61. The Labute approximate surface area is 98.9 Å². The summed E-state index contributed by atoms with van der Waals surface area (Å²) in [7, 11) is 1.39. The van der Waals surface area contributed by atoms with E-state index < -0.39 is 5.82 Å². The molecule has 16 heavy (non-hydrogen) atoms. The number of nitriles is 1. The highest BCUT2D eigenvalue weighted by atomic mass is 35.5. The predicted molar refractivity (Wildman–Crippen MR) is 61.6 cm³/mol. The van der Waals surface area contributed by atoms with E-state index in [1.165, 1.54) is 19.2 Å². The van der Waals surface area contributed by atoms with Gasteiger partial charge in [-0.1, -0.05) is 18.5 Å². The molecule has 1 aromatic carbocycles. The van der Waals surface area contributed by atoms with E-state index in [-0.39, 0.29) is 10.8 Å². The molecule has 0 fully saturated rings. The minimum atomic E-state index is -0.494. The van der Waals surface area contributed by atoms with Crippen LogP contribution in [0.1, 0.15) is 18.9 Å². The van der Waals surface area contributed by atoms with Crippen molar-refractivity contribution >= 4 is 16.6 Å². The van der Waals surface area contributed by atoms with Crippen molar-refractivity contribution in [3.63, 3.8) is 0 Å². The fourth-order valence-corrected chi connectivity index (χ4v) is 1.55. The summed E-state index contributed by atoms with van der Waals surface area (Å²) < 4.78 is 18.2. The fourth-order valence-electron chi connectivity index (χ4n) is 1.26. The first-order valence-corrected chi connectivity index (χ1v) is 5.14. The van der Waals surface area contributed by atoms with Crippen LogP contribution in [0.3, 0.4) is 0 Å². The summed E-state index contributed by atoms with van der Waals surface area (Å²) in [6.45, 7) is 1.82. The molecule has 0 spiro atoms. The third-order valence-electron chi connectivity index (χ3n) is 2.16. The van der Waals surface area contributed by atoms with Crippen LogP contribution < -0.4 is 4.74 Å². The average Bonchev–Trinajstić information content (AvgIpc) is 2.30. The molecule has 0 bridgehead atoms. The van der Waals surface area contributed by atoms with Crippen molar-refractivity contribution in [2.24, 2.45) is 0 Å². The number of nitrogens with zero attached hydrogens (tertiary/aromatic N) is 1. The Balaban J connectivity index is 3.21. The average molecular weight is 240 g/mol. The molecular formula is C12H11ClFNO. The van der Waals surface area contributed by atoms with Crippen molar-refractivity contribution < 1.29 is 9.13 Å². The molecule has 0 aromatic heterocycles. The van der Waals surface area contributed by atoms with Crippen LogP contribution in [0, 0.1) is 17.1 Å². The third kappa shape index (κ3) is 2.53. The van der Waals surface area contributed by atoms with Crippen LogP contribution in [0.2, 0.25) is 0 Å². The Bertz CT molecular complexity index is 463. The van der Waals surface area contributed by atoms with Crippen molar-refractivity contribution in [1.82, 2.24) is 0 Å². The zero-order valence-electron chi connectivity index (χ0n) is 9.05. The molecule has 84 valence electrons. The van der Waals surface area contributed by atoms with E-state index in [1.54, 1.807) is 6.07 Å². The maximum absolute atomic E-state index is 13.4. The Morgan fingerprint density at radius 1 is 1.56 bits per heavy atom. The van der Waals surface area contributed by atoms with E-state index in [4.69, 9.17) is 21.6 Å². The molecule has 0 heterocycles. The maximum Gasteiger partial charge on any atom is 0.165 e. The van der Waals surface area contributed by atoms with Crippen LogP contribution in [0.5, 0.6) is 5.75 Å². The zero-order valence-corrected chi connectivity index (χ0v) is 9.81. The van der Waals surface area contributed by atoms with Gasteiger partial charge in [-0.15, -0.1) is 0 Å². The van der Waals surface area contributed by atoms with Gasteiger partial charge in [0.25, 0.3) is 0 Å². The van der Waals surface area contributed by atoms with Crippen LogP contribution in [0.15, 0.2) is 23.8 Å². The van der Waals surface area contributed by atoms with Gasteiger partial charge in [-0.25, -0.2) is 4.39 Å². The largest absolute Gasteiger partial charge is 0.494 e. The second-order valence-corrected chi connectivity index (χ2v) is 3.49. The minimum absolute atomic E-state index is 0.156. The fraction of sp³-hybridized carbons (Fsp3) is 0.250. The Hall–Kier alpha value is -1.53. The van der Waals surface area contributed by atoms with E-state index in [1.807, 2.05) is 13.0 Å². The summed E-state index contributed by atoms with van der Waals surface area (Å²) in [6, 6.07) is 6.36. The number of hydrogen-bond acceptors (Lipinski definition) is 2. The quantitative estimate of drug-likeness (QED) is 0.754. The van der Waals surface area contributed by atoms with Crippen LogP contribution in [-0.2, 0) is 0 Å². The van der Waals surface area contributed by atoms with Crippen molar-refractivity contribution in [2.75, 3.05) is 7.11 Å². The van der Waals surface area contributed by atoms with Crippen LogP contribution in [0.4, 0.5) is 4.39 Å². The van der Waals surface area contributed by atoms with Gasteiger partial charge < -0.3 is 4.74 Å². The Morgan fingerprint density at radius 2 is 2.25 bits per heavy atom. The van der Waals surface area contributed by atoms with E-state index in [0.717, 1.165) is 0 Å². The van der Waals surface area contributed by atoms with Gasteiger partial charge in [-0.05, 0) is 30.2 Å². The molecule has 0 saturated carbocycles. The van der Waals surface area contributed by atoms with Crippen LogP contribution >= 0.6 is 11.6 Å². The summed E-state index contributed by atoms with van der Waals surface area (Å²) in [4.78, 5) is 0. The molecule has 1 rings (SSSR count). The first kappa shape index (κ1) is 12.5. The maximum atomic E-state index is 13.4. The molecule has 0 aliphatic carbocycles. The number of allylic oxidation sites excluding steroid dienone is 1. The number of benzene rings is 1. The highest BCUT2D eigenvalue weighted by Gasteiger charge is 2.09. The molecule has 0 amide bonds. The molecule has 0 unspecified atom stereocenters. The Morgan fingerprint density at radius 3 is 2.69 bits per heavy atom. The lowest BCUT2D eigenvalue weighted by Crippen LogP contribution is -1.90. The number of rotatable bonds is 3. The Kier molecular flexibility index (Phi) is 4.33. The number of hydrogen-bond donors (Lipinski definition) is 0. The lowest BCUT2D eigenvalue weighted by molar-refractivity contribution is 0.386. The van der Waals surface area contributed by atoms with E-state index in [9.17, 15) is 4.39 Å². The smallest absolute Gasteiger partial charge is 0.165 e. The number of halogens is 2. The van der Waals surface area contributed by atoms with Crippen molar-refractivity contribution in [1.29, 1.82) is 5.26 Å². The molecule has 0 radical (unpaired) electrons. The van der Waals surface area contributed by atoms with Crippen LogP contribution in [-0.4, -0.2) is 7.11 Å². The molecule has 0 N–H and O–H groups in total. The number of ether oxygens (including phenoxy) is 1. The van der Waals surface area contributed by atoms with Gasteiger partial charge in [0, 0.05) is 5.57 Å². The first-order chi connectivity index (χ1) is 7.63.